The van der Waals surface area contributed by atoms with Crippen LogP contribution in [0.4, 0.5) is 0 Å². The monoisotopic (exact) mass is 193 g/mol. The van der Waals surface area contributed by atoms with Crippen molar-refractivity contribution in [2.24, 2.45) is 5.73 Å². The number of rotatable bonds is 3. The van der Waals surface area contributed by atoms with E-state index in [1.54, 1.807) is 18.4 Å². The van der Waals surface area contributed by atoms with Gasteiger partial charge >= 0.3 is 0 Å². The Morgan fingerprint density at radius 1 is 1.57 bits per heavy atom. The first-order chi connectivity index (χ1) is 6.81. The summed E-state index contributed by atoms with van der Waals surface area (Å²) >= 11 is 0. The zero-order valence-electron chi connectivity index (χ0n) is 7.80. The second kappa shape index (κ2) is 3.63. The van der Waals surface area contributed by atoms with Gasteiger partial charge in [0.25, 0.3) is 0 Å². The smallest absolute Gasteiger partial charge is 0.243 e. The summed E-state index contributed by atoms with van der Waals surface area (Å²) in [5, 5.41) is 3.77. The highest BCUT2D eigenvalue weighted by Crippen LogP contribution is 2.18. The summed E-state index contributed by atoms with van der Waals surface area (Å²) in [6, 6.07) is 3.34. The van der Waals surface area contributed by atoms with Gasteiger partial charge in [-0.2, -0.15) is 4.98 Å². The lowest BCUT2D eigenvalue weighted by Gasteiger charge is -1.98. The van der Waals surface area contributed by atoms with Crippen molar-refractivity contribution in [1.82, 2.24) is 10.1 Å². The summed E-state index contributed by atoms with van der Waals surface area (Å²) < 4.78 is 10.1. The van der Waals surface area contributed by atoms with Crippen LogP contribution in [0.3, 0.4) is 0 Å². The minimum atomic E-state index is -0.203. The van der Waals surface area contributed by atoms with Crippen molar-refractivity contribution in [3.05, 3.63) is 24.3 Å². The topological polar surface area (TPSA) is 78.1 Å². The minimum absolute atomic E-state index is 0.203. The molecule has 0 aliphatic heterocycles. The van der Waals surface area contributed by atoms with Gasteiger partial charge in [0.15, 0.2) is 5.76 Å². The van der Waals surface area contributed by atoms with Gasteiger partial charge in [-0.05, 0) is 18.6 Å². The molecule has 2 aromatic rings. The van der Waals surface area contributed by atoms with Crippen LogP contribution in [0, 0.1) is 0 Å². The molecule has 5 heteroatoms. The van der Waals surface area contributed by atoms with Gasteiger partial charge in [0.2, 0.25) is 11.7 Å². The average Bonchev–Trinajstić information content (AvgIpc) is 2.86. The third-order valence-electron chi connectivity index (χ3n) is 1.94. The molecular weight excluding hydrogens is 182 g/mol. The van der Waals surface area contributed by atoms with E-state index in [4.69, 9.17) is 14.7 Å². The molecule has 1 unspecified atom stereocenters. The van der Waals surface area contributed by atoms with E-state index in [0.29, 0.717) is 17.5 Å². The standard InChI is InChI=1S/C9H11N3O2/c1-2-6(10)9-11-8(12-14-9)7-4-3-5-13-7/h3-6H,2,10H2,1H3. The molecule has 14 heavy (non-hydrogen) atoms. The van der Waals surface area contributed by atoms with Crippen molar-refractivity contribution in [2.75, 3.05) is 0 Å². The van der Waals surface area contributed by atoms with Crippen molar-refractivity contribution in [3.8, 4) is 11.6 Å². The van der Waals surface area contributed by atoms with Gasteiger partial charge in [-0.15, -0.1) is 0 Å². The second-order valence-electron chi connectivity index (χ2n) is 2.95. The third kappa shape index (κ3) is 1.54. The number of aromatic nitrogens is 2. The molecule has 0 amide bonds. The summed E-state index contributed by atoms with van der Waals surface area (Å²) in [6.45, 7) is 1.96. The first-order valence-electron chi connectivity index (χ1n) is 4.44. The van der Waals surface area contributed by atoms with E-state index < -0.39 is 0 Å². The summed E-state index contributed by atoms with van der Waals surface area (Å²) in [6.07, 6.45) is 2.32. The highest BCUT2D eigenvalue weighted by molar-refractivity contribution is 5.44. The van der Waals surface area contributed by atoms with E-state index in [1.807, 2.05) is 6.92 Å². The zero-order chi connectivity index (χ0) is 9.97. The Morgan fingerprint density at radius 2 is 2.43 bits per heavy atom. The lowest BCUT2D eigenvalue weighted by atomic mass is 10.2. The summed E-state index contributed by atoms with van der Waals surface area (Å²) in [5.41, 5.74) is 5.73. The predicted molar refractivity (Wildman–Crippen MR) is 49.2 cm³/mol. The lowest BCUT2D eigenvalue weighted by molar-refractivity contribution is 0.351. The quantitative estimate of drug-likeness (QED) is 0.803. The first kappa shape index (κ1) is 8.96. The Hall–Kier alpha value is -1.62. The molecule has 0 aliphatic rings. The molecule has 1 atom stereocenters. The minimum Gasteiger partial charge on any atom is -0.461 e. The zero-order valence-corrected chi connectivity index (χ0v) is 7.80. The van der Waals surface area contributed by atoms with Crippen LogP contribution in [0.2, 0.25) is 0 Å². The molecule has 2 heterocycles. The molecule has 2 aromatic heterocycles. The molecule has 2 rings (SSSR count). The van der Waals surface area contributed by atoms with Gasteiger partial charge in [-0.25, -0.2) is 0 Å². The summed E-state index contributed by atoms with van der Waals surface area (Å²) in [4.78, 5) is 4.13. The van der Waals surface area contributed by atoms with Crippen LogP contribution < -0.4 is 5.73 Å². The SMILES string of the molecule is CCC(N)c1nc(-c2ccco2)no1. The maximum absolute atomic E-state index is 5.73. The molecule has 0 aliphatic carbocycles. The fourth-order valence-electron chi connectivity index (χ4n) is 1.07. The van der Waals surface area contributed by atoms with Crippen LogP contribution in [-0.4, -0.2) is 10.1 Å². The predicted octanol–water partition coefficient (Wildman–Crippen LogP) is 1.74. The number of hydrogen-bond donors (Lipinski definition) is 1. The fourth-order valence-corrected chi connectivity index (χ4v) is 1.07. The van der Waals surface area contributed by atoms with Gasteiger partial charge in [0.1, 0.15) is 0 Å². The number of nitrogens with zero attached hydrogens (tertiary/aromatic N) is 2. The van der Waals surface area contributed by atoms with E-state index in [-0.39, 0.29) is 6.04 Å². The number of furan rings is 1. The van der Waals surface area contributed by atoms with Crippen LogP contribution in [0.25, 0.3) is 11.6 Å². The Morgan fingerprint density at radius 3 is 3.07 bits per heavy atom. The van der Waals surface area contributed by atoms with Crippen LogP contribution in [0.1, 0.15) is 25.3 Å². The van der Waals surface area contributed by atoms with Crippen molar-refractivity contribution >= 4 is 0 Å². The molecule has 74 valence electrons. The van der Waals surface area contributed by atoms with Gasteiger partial charge in [0, 0.05) is 0 Å². The van der Waals surface area contributed by atoms with Crippen molar-refractivity contribution in [3.63, 3.8) is 0 Å². The van der Waals surface area contributed by atoms with Gasteiger partial charge in [-0.1, -0.05) is 12.1 Å². The van der Waals surface area contributed by atoms with Gasteiger partial charge < -0.3 is 14.7 Å². The van der Waals surface area contributed by atoms with E-state index in [0.717, 1.165) is 6.42 Å². The van der Waals surface area contributed by atoms with E-state index in [9.17, 15) is 0 Å². The molecule has 0 fully saturated rings. The van der Waals surface area contributed by atoms with Crippen LogP contribution in [-0.2, 0) is 0 Å². The molecule has 0 saturated heterocycles. The van der Waals surface area contributed by atoms with Crippen LogP contribution in [0.15, 0.2) is 27.3 Å². The first-order valence-corrected chi connectivity index (χ1v) is 4.44. The van der Waals surface area contributed by atoms with E-state index in [2.05, 4.69) is 10.1 Å². The summed E-state index contributed by atoms with van der Waals surface area (Å²) in [7, 11) is 0. The average molecular weight is 193 g/mol. The van der Waals surface area contributed by atoms with Crippen molar-refractivity contribution in [1.29, 1.82) is 0 Å². The molecule has 0 aromatic carbocycles. The maximum atomic E-state index is 5.73. The molecule has 2 N–H and O–H groups in total. The Labute approximate surface area is 80.9 Å². The molecule has 0 bridgehead atoms. The maximum Gasteiger partial charge on any atom is 0.243 e. The van der Waals surface area contributed by atoms with E-state index in [1.165, 1.54) is 0 Å². The lowest BCUT2D eigenvalue weighted by Crippen LogP contribution is -2.08. The highest BCUT2D eigenvalue weighted by Gasteiger charge is 2.14. The molecule has 0 saturated carbocycles. The van der Waals surface area contributed by atoms with E-state index >= 15 is 0 Å². The van der Waals surface area contributed by atoms with Crippen LogP contribution >= 0.6 is 0 Å². The normalized spacial score (nSPS) is 13.0. The van der Waals surface area contributed by atoms with Crippen molar-refractivity contribution in [2.45, 2.75) is 19.4 Å². The Kier molecular flexibility index (Phi) is 2.32. The number of hydrogen-bond acceptors (Lipinski definition) is 5. The number of nitrogens with two attached hydrogens (primary N) is 1. The highest BCUT2D eigenvalue weighted by atomic mass is 16.5. The molecule has 0 radical (unpaired) electrons. The molecule has 0 spiro atoms. The van der Waals surface area contributed by atoms with Crippen LogP contribution in [0.5, 0.6) is 0 Å². The van der Waals surface area contributed by atoms with Gasteiger partial charge in [-0.3, -0.25) is 0 Å². The van der Waals surface area contributed by atoms with Crippen molar-refractivity contribution < 1.29 is 8.94 Å². The largest absolute Gasteiger partial charge is 0.461 e. The molecule has 5 nitrogen and oxygen atoms in total. The Bertz CT molecular complexity index is 394. The second-order valence-corrected chi connectivity index (χ2v) is 2.95. The Balaban J connectivity index is 2.26. The fraction of sp³-hybridized carbons (Fsp3) is 0.333. The third-order valence-corrected chi connectivity index (χ3v) is 1.94. The summed E-state index contributed by atoms with van der Waals surface area (Å²) in [5.74, 6) is 1.47. The molecular formula is C9H11N3O2. The van der Waals surface area contributed by atoms with Gasteiger partial charge in [0.05, 0.1) is 12.3 Å².